The van der Waals surface area contributed by atoms with Gasteiger partial charge in [0, 0.05) is 32.1 Å². The van der Waals surface area contributed by atoms with Crippen LogP contribution in [0.15, 0.2) is 12.1 Å². The minimum Gasteiger partial charge on any atom is -0.494 e. The molecule has 1 saturated heterocycles. The highest BCUT2D eigenvalue weighted by Crippen LogP contribution is 2.40. The number of nitrogens with zero attached hydrogens (tertiary/aromatic N) is 3. The third-order valence-electron chi connectivity index (χ3n) is 5.58. The number of thiazole rings is 1. The molecule has 1 aliphatic carbocycles. The number of hydrogen-bond donors (Lipinski definition) is 0. The first-order valence-corrected chi connectivity index (χ1v) is 11.1. The molecule has 1 aromatic carbocycles. The normalized spacial score (nSPS) is 17.6. The van der Waals surface area contributed by atoms with Crippen molar-refractivity contribution in [2.75, 3.05) is 51.4 Å². The second-order valence-corrected chi connectivity index (χ2v) is 8.73. The minimum absolute atomic E-state index is 0. The molecule has 1 aliphatic heterocycles. The number of fused-ring (bicyclic) bond motifs is 1. The van der Waals surface area contributed by atoms with Gasteiger partial charge in [-0.15, -0.1) is 12.4 Å². The molecular weight excluding hydrogens is 433 g/mol. The molecule has 6 nitrogen and oxygen atoms in total. The number of benzene rings is 1. The van der Waals surface area contributed by atoms with Gasteiger partial charge in [-0.2, -0.15) is 0 Å². The van der Waals surface area contributed by atoms with Crippen LogP contribution in [0.5, 0.6) is 5.75 Å². The lowest BCUT2D eigenvalue weighted by Crippen LogP contribution is -2.42. The lowest BCUT2D eigenvalue weighted by Gasteiger charge is -2.31. The summed E-state index contributed by atoms with van der Waals surface area (Å²) in [6.07, 6.45) is 4.01. The predicted molar refractivity (Wildman–Crippen MR) is 120 cm³/mol. The Morgan fingerprint density at radius 2 is 2.14 bits per heavy atom. The lowest BCUT2D eigenvalue weighted by molar-refractivity contribution is -0.124. The van der Waals surface area contributed by atoms with Crippen LogP contribution in [-0.2, 0) is 9.53 Å². The van der Waals surface area contributed by atoms with Crippen molar-refractivity contribution in [3.05, 3.63) is 17.2 Å². The monoisotopic (exact) mass is 459 g/mol. The Labute approximate surface area is 186 Å². The highest BCUT2D eigenvalue weighted by atomic mass is 35.5. The van der Waals surface area contributed by atoms with Crippen LogP contribution in [-0.4, -0.2) is 62.3 Å². The molecule has 29 heavy (non-hydrogen) atoms. The van der Waals surface area contributed by atoms with Crippen LogP contribution in [0.4, 0.5) is 5.13 Å². The second kappa shape index (κ2) is 10.3. The smallest absolute Gasteiger partial charge is 0.231 e. The van der Waals surface area contributed by atoms with E-state index in [1.807, 2.05) is 17.0 Å². The van der Waals surface area contributed by atoms with Gasteiger partial charge < -0.3 is 9.47 Å². The number of anilines is 1. The van der Waals surface area contributed by atoms with E-state index in [-0.39, 0.29) is 24.2 Å². The molecule has 0 N–H and O–H groups in total. The number of carbonyl (C=O) groups is 1. The van der Waals surface area contributed by atoms with Crippen LogP contribution in [0, 0.1) is 5.92 Å². The molecule has 0 bridgehead atoms. The molecule has 1 aromatic heterocycles. The van der Waals surface area contributed by atoms with Crippen LogP contribution in [0.3, 0.4) is 0 Å². The van der Waals surface area contributed by atoms with Crippen LogP contribution in [0.25, 0.3) is 10.2 Å². The summed E-state index contributed by atoms with van der Waals surface area (Å²) in [4.78, 5) is 22.1. The molecule has 1 saturated carbocycles. The Bertz CT molecular complexity index is 838. The summed E-state index contributed by atoms with van der Waals surface area (Å²) in [5, 5.41) is 1.36. The van der Waals surface area contributed by atoms with E-state index < -0.39 is 0 Å². The maximum absolute atomic E-state index is 13.1. The van der Waals surface area contributed by atoms with Crippen molar-refractivity contribution >= 4 is 56.6 Å². The van der Waals surface area contributed by atoms with E-state index in [2.05, 4.69) is 4.90 Å². The summed E-state index contributed by atoms with van der Waals surface area (Å²) in [5.74, 6) is 1.02. The number of carbonyl (C=O) groups excluding carboxylic acids is 1. The first kappa shape index (κ1) is 22.6. The molecule has 2 aromatic rings. The second-order valence-electron chi connectivity index (χ2n) is 7.35. The fourth-order valence-electron chi connectivity index (χ4n) is 3.67. The van der Waals surface area contributed by atoms with Gasteiger partial charge in [0.1, 0.15) is 11.3 Å². The van der Waals surface area contributed by atoms with Crippen molar-refractivity contribution in [3.63, 3.8) is 0 Å². The zero-order chi connectivity index (χ0) is 19.5. The molecule has 0 spiro atoms. The molecule has 0 atom stereocenters. The molecule has 1 amide bonds. The molecule has 0 radical (unpaired) electrons. The summed E-state index contributed by atoms with van der Waals surface area (Å²) < 4.78 is 11.7. The molecule has 2 heterocycles. The van der Waals surface area contributed by atoms with E-state index in [4.69, 9.17) is 26.1 Å². The quantitative estimate of drug-likeness (QED) is 0.619. The largest absolute Gasteiger partial charge is 0.494 e. The molecule has 160 valence electrons. The van der Waals surface area contributed by atoms with Crippen molar-refractivity contribution in [3.8, 4) is 5.75 Å². The molecule has 0 unspecified atom stereocenters. The Morgan fingerprint density at radius 1 is 1.38 bits per heavy atom. The highest BCUT2D eigenvalue weighted by Gasteiger charge is 2.32. The van der Waals surface area contributed by atoms with Crippen molar-refractivity contribution in [2.24, 2.45) is 5.92 Å². The van der Waals surface area contributed by atoms with E-state index >= 15 is 0 Å². The first-order valence-electron chi connectivity index (χ1n) is 9.92. The van der Waals surface area contributed by atoms with E-state index in [1.165, 1.54) is 11.3 Å². The van der Waals surface area contributed by atoms with Crippen LogP contribution >= 0.6 is 35.3 Å². The number of hydrogen-bond acceptors (Lipinski definition) is 6. The van der Waals surface area contributed by atoms with Crippen molar-refractivity contribution < 1.29 is 14.3 Å². The van der Waals surface area contributed by atoms with Crippen molar-refractivity contribution in [1.82, 2.24) is 9.88 Å². The van der Waals surface area contributed by atoms with Crippen LogP contribution in [0.1, 0.15) is 25.7 Å². The minimum atomic E-state index is 0. The average molecular weight is 460 g/mol. The Morgan fingerprint density at radius 3 is 2.79 bits per heavy atom. The average Bonchev–Trinajstić information content (AvgIpc) is 3.11. The zero-order valence-corrected chi connectivity index (χ0v) is 19.0. The first-order chi connectivity index (χ1) is 13.7. The topological polar surface area (TPSA) is 54.9 Å². The summed E-state index contributed by atoms with van der Waals surface area (Å²) in [7, 11) is 1.63. The Balaban J connectivity index is 0.00000240. The number of amides is 1. The van der Waals surface area contributed by atoms with Gasteiger partial charge in [-0.05, 0) is 31.4 Å². The van der Waals surface area contributed by atoms with Crippen LogP contribution in [0.2, 0.25) is 5.02 Å². The standard InChI is InChI=1S/C20H26ClN3O3S.ClH/c1-26-16-7-6-15(21)18-17(16)22-20(28-18)24(19(25)14-4-2-5-14)9-3-8-23-10-12-27-13-11-23;/h6-7,14H,2-5,8-13H2,1H3;1H. The molecule has 4 rings (SSSR count). The number of rotatable bonds is 7. The number of ether oxygens (including phenoxy) is 2. The maximum Gasteiger partial charge on any atom is 0.231 e. The lowest BCUT2D eigenvalue weighted by atomic mass is 9.84. The van der Waals surface area contributed by atoms with Gasteiger partial charge in [0.15, 0.2) is 5.13 Å². The van der Waals surface area contributed by atoms with E-state index in [0.717, 1.165) is 73.9 Å². The molecule has 2 fully saturated rings. The Hall–Kier alpha value is -1.12. The fourth-order valence-corrected chi connectivity index (χ4v) is 4.96. The summed E-state index contributed by atoms with van der Waals surface area (Å²) in [6.45, 7) is 5.15. The van der Waals surface area contributed by atoms with Crippen molar-refractivity contribution in [2.45, 2.75) is 25.7 Å². The SMILES string of the molecule is COc1ccc(Cl)c2sc(N(CCCN3CCOCC3)C(=O)C3CCC3)nc12.Cl. The fraction of sp³-hybridized carbons (Fsp3) is 0.600. The zero-order valence-electron chi connectivity index (χ0n) is 16.6. The van der Waals surface area contributed by atoms with Gasteiger partial charge in [-0.25, -0.2) is 4.98 Å². The summed E-state index contributed by atoms with van der Waals surface area (Å²) in [5.41, 5.74) is 0.731. The third-order valence-corrected chi connectivity index (χ3v) is 7.12. The van der Waals surface area contributed by atoms with Crippen molar-refractivity contribution in [1.29, 1.82) is 0 Å². The number of aromatic nitrogens is 1. The Kier molecular flexibility index (Phi) is 7.99. The maximum atomic E-state index is 13.1. The predicted octanol–water partition coefficient (Wildman–Crippen LogP) is 4.24. The highest BCUT2D eigenvalue weighted by molar-refractivity contribution is 7.23. The third kappa shape index (κ3) is 4.97. The molecule has 9 heteroatoms. The summed E-state index contributed by atoms with van der Waals surface area (Å²) in [6, 6.07) is 3.64. The van der Waals surface area contributed by atoms with E-state index in [9.17, 15) is 4.79 Å². The van der Waals surface area contributed by atoms with Gasteiger partial charge in [-0.3, -0.25) is 14.6 Å². The van der Waals surface area contributed by atoms with Gasteiger partial charge >= 0.3 is 0 Å². The van der Waals surface area contributed by atoms with E-state index in [1.54, 1.807) is 7.11 Å². The number of methoxy groups -OCH3 is 1. The van der Waals surface area contributed by atoms with Gasteiger partial charge in [0.2, 0.25) is 5.91 Å². The van der Waals surface area contributed by atoms with Gasteiger partial charge in [0.25, 0.3) is 0 Å². The summed E-state index contributed by atoms with van der Waals surface area (Å²) >= 11 is 7.86. The number of halogens is 2. The molecule has 2 aliphatic rings. The van der Waals surface area contributed by atoms with E-state index in [0.29, 0.717) is 17.3 Å². The molecular formula is C20H27Cl2N3O3S. The van der Waals surface area contributed by atoms with Gasteiger partial charge in [0.05, 0.1) is 30.0 Å². The number of morpholine rings is 1. The van der Waals surface area contributed by atoms with Crippen LogP contribution < -0.4 is 9.64 Å². The van der Waals surface area contributed by atoms with Gasteiger partial charge in [-0.1, -0.05) is 29.4 Å².